The van der Waals surface area contributed by atoms with Gasteiger partial charge >= 0.3 is 0 Å². The smallest absolute Gasteiger partial charge is 0.262 e. The molecule has 1 aliphatic heterocycles. The summed E-state index contributed by atoms with van der Waals surface area (Å²) < 4.78 is 34.4. The van der Waals surface area contributed by atoms with E-state index in [4.69, 9.17) is 4.74 Å². The van der Waals surface area contributed by atoms with E-state index in [1.54, 1.807) is 13.0 Å². The zero-order chi connectivity index (χ0) is 21.8. The van der Waals surface area contributed by atoms with Crippen molar-refractivity contribution in [2.75, 3.05) is 18.5 Å². The molecule has 0 bridgehead atoms. The summed E-state index contributed by atoms with van der Waals surface area (Å²) in [6, 6.07) is 22.5. The van der Waals surface area contributed by atoms with Crippen molar-refractivity contribution >= 4 is 21.6 Å². The number of carbonyl (C=O) groups is 1. The number of aryl methyl sites for hydroxylation is 1. The first kappa shape index (κ1) is 21.1. The van der Waals surface area contributed by atoms with Crippen LogP contribution in [0.15, 0.2) is 77.7 Å². The number of fused-ring (bicyclic) bond motifs is 1. The number of hydrogen-bond donors (Lipinski definition) is 1. The fraction of sp³-hybridized carbons (Fsp3) is 0.208. The summed E-state index contributed by atoms with van der Waals surface area (Å²) in [4.78, 5) is 11.8. The maximum absolute atomic E-state index is 13.7. The number of anilines is 1. The van der Waals surface area contributed by atoms with Crippen LogP contribution in [0.25, 0.3) is 0 Å². The molecule has 1 heterocycles. The van der Waals surface area contributed by atoms with E-state index in [1.165, 1.54) is 10.4 Å². The summed E-state index contributed by atoms with van der Waals surface area (Å²) in [5.41, 5.74) is 3.04. The van der Waals surface area contributed by atoms with Gasteiger partial charge in [-0.15, -0.1) is 0 Å². The molecule has 31 heavy (non-hydrogen) atoms. The molecular formula is C24H24N2O4S. The van der Waals surface area contributed by atoms with Crippen molar-refractivity contribution < 1.29 is 17.9 Å². The summed E-state index contributed by atoms with van der Waals surface area (Å²) in [5.74, 6) is 0.113. The van der Waals surface area contributed by atoms with Crippen LogP contribution in [0, 0.1) is 6.92 Å². The first-order chi connectivity index (χ1) is 14.9. The van der Waals surface area contributed by atoms with Crippen molar-refractivity contribution in [3.63, 3.8) is 0 Å². The van der Waals surface area contributed by atoms with E-state index in [9.17, 15) is 13.2 Å². The Morgan fingerprint density at radius 1 is 0.968 bits per heavy atom. The van der Waals surface area contributed by atoms with Crippen LogP contribution in [0.5, 0.6) is 5.75 Å². The van der Waals surface area contributed by atoms with Gasteiger partial charge in [-0.3, -0.25) is 4.79 Å². The quantitative estimate of drug-likeness (QED) is 0.612. The van der Waals surface area contributed by atoms with Crippen molar-refractivity contribution in [3.05, 3.63) is 89.5 Å². The maximum Gasteiger partial charge on any atom is 0.262 e. The largest absolute Gasteiger partial charge is 0.482 e. The Bertz CT molecular complexity index is 1180. The summed E-state index contributed by atoms with van der Waals surface area (Å²) in [7, 11) is -3.81. The first-order valence-corrected chi connectivity index (χ1v) is 11.5. The van der Waals surface area contributed by atoms with Crippen molar-refractivity contribution in [3.8, 4) is 5.75 Å². The van der Waals surface area contributed by atoms with E-state index in [0.29, 0.717) is 30.0 Å². The second kappa shape index (κ2) is 8.91. The molecule has 4 rings (SSSR count). The minimum absolute atomic E-state index is 0.128. The lowest BCUT2D eigenvalue weighted by Crippen LogP contribution is -2.33. The van der Waals surface area contributed by atoms with Crippen LogP contribution < -0.4 is 10.1 Å². The van der Waals surface area contributed by atoms with Crippen molar-refractivity contribution in [1.29, 1.82) is 0 Å². The lowest BCUT2D eigenvalue weighted by Gasteiger charge is -2.25. The number of nitrogens with zero attached hydrogens (tertiary/aromatic N) is 1. The van der Waals surface area contributed by atoms with Gasteiger partial charge in [0.1, 0.15) is 5.75 Å². The second-order valence-electron chi connectivity index (χ2n) is 7.51. The van der Waals surface area contributed by atoms with Crippen LogP contribution in [0.2, 0.25) is 0 Å². The molecule has 0 saturated heterocycles. The Hall–Kier alpha value is -3.16. The second-order valence-corrected chi connectivity index (χ2v) is 9.42. The van der Waals surface area contributed by atoms with Crippen LogP contribution >= 0.6 is 0 Å². The van der Waals surface area contributed by atoms with E-state index in [1.807, 2.05) is 60.7 Å². The van der Waals surface area contributed by atoms with E-state index in [0.717, 1.165) is 11.1 Å². The van der Waals surface area contributed by atoms with Crippen LogP contribution in [0.1, 0.15) is 16.7 Å². The molecule has 0 spiro atoms. The Kier molecular flexibility index (Phi) is 6.06. The molecule has 7 heteroatoms. The highest BCUT2D eigenvalue weighted by molar-refractivity contribution is 7.89. The van der Waals surface area contributed by atoms with Gasteiger partial charge in [0.05, 0.1) is 10.6 Å². The number of hydrogen-bond acceptors (Lipinski definition) is 4. The van der Waals surface area contributed by atoms with Crippen molar-refractivity contribution in [2.24, 2.45) is 0 Å². The molecule has 0 fully saturated rings. The minimum atomic E-state index is -3.81. The SMILES string of the molecule is Cc1cc2c(cc1S(=O)(=O)N(CCc1ccccc1)Cc1ccccc1)OCC(=O)N2. The van der Waals surface area contributed by atoms with Crippen LogP contribution in [-0.4, -0.2) is 31.8 Å². The highest BCUT2D eigenvalue weighted by atomic mass is 32.2. The number of sulfonamides is 1. The molecule has 3 aromatic carbocycles. The molecule has 0 saturated carbocycles. The monoisotopic (exact) mass is 436 g/mol. The molecule has 0 aromatic heterocycles. The molecule has 6 nitrogen and oxygen atoms in total. The Morgan fingerprint density at radius 3 is 2.29 bits per heavy atom. The standard InChI is InChI=1S/C24H24N2O4S/c1-18-14-21-22(30-17-24(27)25-21)15-23(18)31(28,29)26(16-20-10-6-3-7-11-20)13-12-19-8-4-2-5-9-19/h2-11,14-15H,12-13,16-17H2,1H3,(H,25,27). The molecule has 0 unspecified atom stereocenters. The van der Waals surface area contributed by atoms with Crippen molar-refractivity contribution in [2.45, 2.75) is 24.8 Å². The lowest BCUT2D eigenvalue weighted by atomic mass is 10.1. The Labute approximate surface area is 182 Å². The Morgan fingerprint density at radius 2 is 1.61 bits per heavy atom. The van der Waals surface area contributed by atoms with Gasteiger partial charge in [-0.2, -0.15) is 4.31 Å². The fourth-order valence-corrected chi connectivity index (χ4v) is 5.25. The van der Waals surface area contributed by atoms with Crippen LogP contribution in [0.3, 0.4) is 0 Å². The van der Waals surface area contributed by atoms with Gasteiger partial charge in [0, 0.05) is 19.2 Å². The number of carbonyl (C=O) groups excluding carboxylic acids is 1. The molecule has 3 aromatic rings. The van der Waals surface area contributed by atoms with E-state index in [2.05, 4.69) is 5.32 Å². The molecule has 0 aliphatic carbocycles. The highest BCUT2D eigenvalue weighted by Gasteiger charge is 2.29. The molecule has 0 radical (unpaired) electrons. The molecular weight excluding hydrogens is 412 g/mol. The third kappa shape index (κ3) is 4.78. The Balaban J connectivity index is 1.68. The average Bonchev–Trinajstić information content (AvgIpc) is 2.77. The van der Waals surface area contributed by atoms with Crippen LogP contribution in [-0.2, 0) is 27.8 Å². The number of ether oxygens (including phenoxy) is 1. The number of amides is 1. The summed E-state index contributed by atoms with van der Waals surface area (Å²) >= 11 is 0. The van der Waals surface area contributed by atoms with E-state index >= 15 is 0 Å². The number of benzene rings is 3. The normalized spacial score (nSPS) is 13.4. The van der Waals surface area contributed by atoms with Gasteiger partial charge in [-0.25, -0.2) is 8.42 Å². The predicted octanol–water partition coefficient (Wildman–Crippen LogP) is 3.76. The van der Waals surface area contributed by atoms with Gasteiger partial charge in [-0.1, -0.05) is 60.7 Å². The zero-order valence-corrected chi connectivity index (χ0v) is 18.1. The van der Waals surface area contributed by atoms with E-state index < -0.39 is 10.0 Å². The van der Waals surface area contributed by atoms with Gasteiger partial charge in [0.2, 0.25) is 10.0 Å². The molecule has 160 valence electrons. The van der Waals surface area contributed by atoms with Gasteiger partial charge < -0.3 is 10.1 Å². The number of rotatable bonds is 7. The number of nitrogens with one attached hydrogen (secondary N) is 1. The molecule has 1 amide bonds. The zero-order valence-electron chi connectivity index (χ0n) is 17.2. The maximum atomic E-state index is 13.7. The summed E-state index contributed by atoms with van der Waals surface area (Å²) in [6.07, 6.45) is 0.601. The fourth-order valence-electron chi connectivity index (χ4n) is 3.60. The van der Waals surface area contributed by atoms with Gasteiger partial charge in [0.25, 0.3) is 5.91 Å². The van der Waals surface area contributed by atoms with Gasteiger partial charge in [-0.05, 0) is 36.1 Å². The first-order valence-electron chi connectivity index (χ1n) is 10.1. The third-order valence-corrected chi connectivity index (χ3v) is 7.21. The lowest BCUT2D eigenvalue weighted by molar-refractivity contribution is -0.118. The molecule has 0 atom stereocenters. The molecule has 1 N–H and O–H groups in total. The van der Waals surface area contributed by atoms with E-state index in [-0.39, 0.29) is 24.0 Å². The van der Waals surface area contributed by atoms with Crippen LogP contribution in [0.4, 0.5) is 5.69 Å². The van der Waals surface area contributed by atoms with Gasteiger partial charge in [0.15, 0.2) is 6.61 Å². The third-order valence-electron chi connectivity index (χ3n) is 5.22. The topological polar surface area (TPSA) is 75.7 Å². The minimum Gasteiger partial charge on any atom is -0.482 e. The molecule has 1 aliphatic rings. The summed E-state index contributed by atoms with van der Waals surface area (Å²) in [5, 5.41) is 2.72. The highest BCUT2D eigenvalue weighted by Crippen LogP contribution is 2.34. The average molecular weight is 437 g/mol. The summed E-state index contributed by atoms with van der Waals surface area (Å²) in [6.45, 7) is 2.21. The van der Waals surface area contributed by atoms with Crippen molar-refractivity contribution in [1.82, 2.24) is 4.31 Å². The predicted molar refractivity (Wildman–Crippen MR) is 119 cm³/mol.